The fourth-order valence-electron chi connectivity index (χ4n) is 3.47. The first-order chi connectivity index (χ1) is 11.9. The van der Waals surface area contributed by atoms with Crippen molar-refractivity contribution in [2.24, 2.45) is 0 Å². The zero-order valence-electron chi connectivity index (χ0n) is 14.3. The number of aliphatic hydroxyl groups is 1. The Morgan fingerprint density at radius 1 is 1.32 bits per heavy atom. The van der Waals surface area contributed by atoms with Gasteiger partial charge >= 0.3 is 0 Å². The fourth-order valence-corrected chi connectivity index (χ4v) is 4.04. The largest absolute Gasteiger partial charge is 0.382 e. The number of rotatable bonds is 5. The van der Waals surface area contributed by atoms with Gasteiger partial charge in [-0.3, -0.25) is 4.90 Å². The van der Waals surface area contributed by atoms with Crippen LogP contribution >= 0.6 is 23.2 Å². The summed E-state index contributed by atoms with van der Waals surface area (Å²) >= 11 is 12.5. The summed E-state index contributed by atoms with van der Waals surface area (Å²) in [5.74, 6) is 0. The van der Waals surface area contributed by atoms with Crippen LogP contribution in [-0.4, -0.2) is 38.7 Å². The Labute approximate surface area is 158 Å². The molecule has 0 spiro atoms. The van der Waals surface area contributed by atoms with Crippen molar-refractivity contribution in [3.05, 3.63) is 64.7 Å². The summed E-state index contributed by atoms with van der Waals surface area (Å²) in [5.41, 5.74) is 0.788. The molecule has 3 rings (SSSR count). The zero-order chi connectivity index (χ0) is 18.0. The van der Waals surface area contributed by atoms with Crippen molar-refractivity contribution < 1.29 is 5.11 Å². The molecule has 0 bridgehead atoms. The van der Waals surface area contributed by atoms with Crippen molar-refractivity contribution in [1.29, 1.82) is 0 Å². The van der Waals surface area contributed by atoms with Crippen LogP contribution in [0.15, 0.2) is 49.1 Å². The molecule has 0 saturated carbocycles. The van der Waals surface area contributed by atoms with E-state index in [-0.39, 0.29) is 6.04 Å². The quantitative estimate of drug-likeness (QED) is 0.794. The van der Waals surface area contributed by atoms with Crippen LogP contribution in [0.4, 0.5) is 0 Å². The summed E-state index contributed by atoms with van der Waals surface area (Å²) in [4.78, 5) is 6.39. The number of aromatic nitrogens is 2. The van der Waals surface area contributed by atoms with Crippen molar-refractivity contribution in [1.82, 2.24) is 14.5 Å². The van der Waals surface area contributed by atoms with E-state index in [1.807, 2.05) is 16.8 Å². The van der Waals surface area contributed by atoms with Crippen LogP contribution in [0.2, 0.25) is 10.0 Å². The van der Waals surface area contributed by atoms with Crippen LogP contribution < -0.4 is 0 Å². The minimum absolute atomic E-state index is 0.123. The molecule has 0 radical (unpaired) electrons. The van der Waals surface area contributed by atoms with E-state index >= 15 is 0 Å². The smallest absolute Gasteiger partial charge is 0.124 e. The van der Waals surface area contributed by atoms with Gasteiger partial charge in [0.25, 0.3) is 0 Å². The van der Waals surface area contributed by atoms with Gasteiger partial charge in [-0.05, 0) is 31.9 Å². The molecule has 1 aliphatic heterocycles. The Balaban J connectivity index is 1.97. The molecule has 2 atom stereocenters. The van der Waals surface area contributed by atoms with Gasteiger partial charge in [0.05, 0.1) is 12.9 Å². The van der Waals surface area contributed by atoms with Crippen LogP contribution in [-0.2, 0) is 12.1 Å². The molecule has 1 aromatic carbocycles. The molecule has 1 aliphatic rings. The number of halogens is 2. The first-order valence-electron chi connectivity index (χ1n) is 8.44. The number of hydrogen-bond donors (Lipinski definition) is 1. The van der Waals surface area contributed by atoms with E-state index in [0.717, 1.165) is 25.9 Å². The highest BCUT2D eigenvalue weighted by molar-refractivity contribution is 6.35. The monoisotopic (exact) mass is 379 g/mol. The van der Waals surface area contributed by atoms with Crippen molar-refractivity contribution in [2.45, 2.75) is 38.0 Å². The number of benzene rings is 1. The highest BCUT2D eigenvalue weighted by Crippen LogP contribution is 2.37. The molecule has 2 heterocycles. The molecule has 2 aromatic rings. The molecule has 6 heteroatoms. The molecule has 1 fully saturated rings. The average Bonchev–Trinajstić information content (AvgIpc) is 3.07. The van der Waals surface area contributed by atoms with E-state index in [9.17, 15) is 5.11 Å². The Bertz CT molecular complexity index is 737. The second-order valence-corrected chi connectivity index (χ2v) is 7.59. The summed E-state index contributed by atoms with van der Waals surface area (Å²) in [6.07, 6.45) is 7.18. The van der Waals surface area contributed by atoms with Gasteiger partial charge in [-0.2, -0.15) is 0 Å². The second-order valence-electron chi connectivity index (χ2n) is 6.75. The average molecular weight is 380 g/mol. The summed E-state index contributed by atoms with van der Waals surface area (Å²) in [6.45, 7) is 8.27. The summed E-state index contributed by atoms with van der Waals surface area (Å²) in [6, 6.07) is 5.15. The predicted molar refractivity (Wildman–Crippen MR) is 102 cm³/mol. The third kappa shape index (κ3) is 3.93. The molecule has 0 unspecified atom stereocenters. The topological polar surface area (TPSA) is 41.3 Å². The van der Waals surface area contributed by atoms with E-state index < -0.39 is 5.60 Å². The maximum atomic E-state index is 11.8. The van der Waals surface area contributed by atoms with Gasteiger partial charge in [-0.15, -0.1) is 0 Å². The summed E-state index contributed by atoms with van der Waals surface area (Å²) in [5, 5.41) is 12.8. The Kier molecular flexibility index (Phi) is 5.54. The second kappa shape index (κ2) is 7.50. The van der Waals surface area contributed by atoms with Gasteiger partial charge < -0.3 is 9.67 Å². The number of imidazole rings is 1. The van der Waals surface area contributed by atoms with E-state index in [2.05, 4.69) is 23.4 Å². The van der Waals surface area contributed by atoms with Gasteiger partial charge in [0.15, 0.2) is 0 Å². The third-order valence-electron chi connectivity index (χ3n) is 5.12. The molecule has 134 valence electrons. The van der Waals surface area contributed by atoms with Crippen LogP contribution in [0.3, 0.4) is 0 Å². The number of likely N-dealkylation sites (tertiary alicyclic amines) is 1. The van der Waals surface area contributed by atoms with Gasteiger partial charge in [-0.1, -0.05) is 41.4 Å². The maximum Gasteiger partial charge on any atom is 0.124 e. The minimum Gasteiger partial charge on any atom is -0.382 e. The van der Waals surface area contributed by atoms with E-state index in [1.165, 1.54) is 5.57 Å². The summed E-state index contributed by atoms with van der Waals surface area (Å²) < 4.78 is 1.88. The van der Waals surface area contributed by atoms with Crippen LogP contribution in [0.25, 0.3) is 0 Å². The molecule has 1 saturated heterocycles. The van der Waals surface area contributed by atoms with Crippen LogP contribution in [0.1, 0.15) is 25.3 Å². The Morgan fingerprint density at radius 2 is 2.04 bits per heavy atom. The van der Waals surface area contributed by atoms with E-state index in [1.54, 1.807) is 24.7 Å². The molecular weight excluding hydrogens is 357 g/mol. The maximum absolute atomic E-state index is 11.8. The number of nitrogens with zero attached hydrogens (tertiary/aromatic N) is 3. The molecule has 0 aliphatic carbocycles. The first kappa shape index (κ1) is 18.5. The standard InChI is InChI=1S/C19H23Cl2N3O/c1-14-5-8-24(9-6-14)15(2)19(25,12-23-10-7-22-13-23)17-4-3-16(20)11-18(17)21/h3-4,7,10-11,13,15,25H,1,5-6,8-9,12H2,2H3/t15-,19-/m1/s1. The van der Waals surface area contributed by atoms with E-state index in [4.69, 9.17) is 23.2 Å². The van der Waals surface area contributed by atoms with Crippen molar-refractivity contribution in [3.63, 3.8) is 0 Å². The molecular formula is C19H23Cl2N3O. The minimum atomic E-state index is -1.17. The van der Waals surface area contributed by atoms with E-state index in [0.29, 0.717) is 22.2 Å². The van der Waals surface area contributed by atoms with Gasteiger partial charge in [0.1, 0.15) is 5.60 Å². The Morgan fingerprint density at radius 3 is 2.64 bits per heavy atom. The van der Waals surface area contributed by atoms with Crippen molar-refractivity contribution in [2.75, 3.05) is 13.1 Å². The lowest BCUT2D eigenvalue weighted by molar-refractivity contribution is -0.0611. The number of hydrogen-bond acceptors (Lipinski definition) is 3. The first-order valence-corrected chi connectivity index (χ1v) is 9.20. The zero-order valence-corrected chi connectivity index (χ0v) is 15.8. The predicted octanol–water partition coefficient (Wildman–Crippen LogP) is 4.12. The van der Waals surface area contributed by atoms with Gasteiger partial charge in [0, 0.05) is 47.1 Å². The molecule has 25 heavy (non-hydrogen) atoms. The fraction of sp³-hybridized carbons (Fsp3) is 0.421. The van der Waals surface area contributed by atoms with Gasteiger partial charge in [0.2, 0.25) is 0 Å². The molecule has 1 N–H and O–H groups in total. The van der Waals surface area contributed by atoms with Crippen LogP contribution in [0, 0.1) is 0 Å². The SMILES string of the molecule is C=C1CCN([C@H](C)[C@](O)(Cn2ccnc2)c2ccc(Cl)cc2Cl)CC1. The molecule has 0 amide bonds. The van der Waals surface area contributed by atoms with Crippen molar-refractivity contribution in [3.8, 4) is 0 Å². The lowest BCUT2D eigenvalue weighted by Crippen LogP contribution is -2.53. The highest BCUT2D eigenvalue weighted by Gasteiger charge is 2.41. The lowest BCUT2D eigenvalue weighted by Gasteiger charge is -2.43. The number of piperidine rings is 1. The third-order valence-corrected chi connectivity index (χ3v) is 5.67. The lowest BCUT2D eigenvalue weighted by atomic mass is 9.84. The van der Waals surface area contributed by atoms with Gasteiger partial charge in [-0.25, -0.2) is 4.98 Å². The normalized spacial score (nSPS) is 19.6. The van der Waals surface area contributed by atoms with Crippen molar-refractivity contribution >= 4 is 23.2 Å². The molecule has 1 aromatic heterocycles. The molecule has 4 nitrogen and oxygen atoms in total. The summed E-state index contributed by atoms with van der Waals surface area (Å²) in [7, 11) is 0. The van der Waals surface area contributed by atoms with Crippen LogP contribution in [0.5, 0.6) is 0 Å². The Hall–Kier alpha value is -1.33. The highest BCUT2D eigenvalue weighted by atomic mass is 35.5.